The highest BCUT2D eigenvalue weighted by atomic mass is 35.5. The van der Waals surface area contributed by atoms with Crippen molar-refractivity contribution in [1.82, 2.24) is 9.88 Å². The van der Waals surface area contributed by atoms with Crippen LogP contribution in [0.1, 0.15) is 17.3 Å². The van der Waals surface area contributed by atoms with Crippen molar-refractivity contribution in [2.45, 2.75) is 6.92 Å². The molecule has 0 aliphatic rings. The summed E-state index contributed by atoms with van der Waals surface area (Å²) >= 11 is 6.14. The monoisotopic (exact) mass is 250 g/mol. The van der Waals surface area contributed by atoms with Crippen molar-refractivity contribution < 1.29 is 4.79 Å². The third-order valence-electron chi connectivity index (χ3n) is 2.79. The summed E-state index contributed by atoms with van der Waals surface area (Å²) in [4.78, 5) is 12.0. The topological polar surface area (TPSA) is 34.0 Å². The summed E-state index contributed by atoms with van der Waals surface area (Å²) in [6.07, 6.45) is 1.84. The van der Waals surface area contributed by atoms with E-state index in [0.29, 0.717) is 11.6 Å². The first-order valence-corrected chi connectivity index (χ1v) is 6.00. The fourth-order valence-corrected chi connectivity index (χ4v) is 2.28. The lowest BCUT2D eigenvalue weighted by molar-refractivity contribution is 0.0993. The number of carbonyl (C=O) groups is 1. The number of fused-ring (bicyclic) bond motifs is 1. The first kappa shape index (κ1) is 12.1. The molecule has 1 N–H and O–H groups in total. The van der Waals surface area contributed by atoms with E-state index in [9.17, 15) is 4.79 Å². The van der Waals surface area contributed by atoms with Gasteiger partial charge in [-0.15, -0.1) is 0 Å². The zero-order valence-corrected chi connectivity index (χ0v) is 10.7. The summed E-state index contributed by atoms with van der Waals surface area (Å²) in [7, 11) is 1.90. The number of carbonyl (C=O) groups excluding carboxylic acids is 1. The Kier molecular flexibility index (Phi) is 3.50. The minimum Gasteiger partial charge on any atom is -0.349 e. The standard InChI is InChI=1S/C13H15ClN2O/c1-3-15-7-12(17)10-8-16(2)13-9(10)5-4-6-11(13)14/h4-6,8,15H,3,7H2,1-2H3. The van der Waals surface area contributed by atoms with Crippen LogP contribution < -0.4 is 5.32 Å². The Hall–Kier alpha value is -1.32. The van der Waals surface area contributed by atoms with Gasteiger partial charge in [0.05, 0.1) is 17.1 Å². The number of likely N-dealkylation sites (N-methyl/N-ethyl adjacent to an activating group) is 1. The molecule has 2 rings (SSSR count). The third kappa shape index (κ3) is 2.21. The molecule has 0 fully saturated rings. The minimum atomic E-state index is 0.0970. The number of aromatic nitrogens is 1. The smallest absolute Gasteiger partial charge is 0.178 e. The number of nitrogens with zero attached hydrogens (tertiary/aromatic N) is 1. The second-order valence-corrected chi connectivity index (χ2v) is 4.40. The number of hydrogen-bond donors (Lipinski definition) is 1. The predicted octanol–water partition coefficient (Wildman–Crippen LogP) is 2.62. The molecule has 17 heavy (non-hydrogen) atoms. The van der Waals surface area contributed by atoms with E-state index in [-0.39, 0.29) is 5.78 Å². The molecule has 0 amide bonds. The number of aryl methyl sites for hydroxylation is 1. The number of ketones is 1. The number of rotatable bonds is 4. The zero-order chi connectivity index (χ0) is 12.4. The van der Waals surface area contributed by atoms with Crippen molar-refractivity contribution in [2.24, 2.45) is 7.05 Å². The van der Waals surface area contributed by atoms with Gasteiger partial charge < -0.3 is 9.88 Å². The van der Waals surface area contributed by atoms with Crippen LogP contribution in [-0.4, -0.2) is 23.4 Å². The van der Waals surface area contributed by atoms with Crippen LogP contribution in [0.15, 0.2) is 24.4 Å². The van der Waals surface area contributed by atoms with E-state index in [1.54, 1.807) is 0 Å². The molecule has 2 aromatic rings. The Labute approximate surface area is 105 Å². The molecule has 0 atom stereocenters. The van der Waals surface area contributed by atoms with E-state index in [0.717, 1.165) is 23.0 Å². The van der Waals surface area contributed by atoms with Crippen LogP contribution in [0.4, 0.5) is 0 Å². The Morgan fingerprint density at radius 1 is 1.47 bits per heavy atom. The molecular weight excluding hydrogens is 236 g/mol. The maximum absolute atomic E-state index is 12.0. The summed E-state index contributed by atoms with van der Waals surface area (Å²) in [6, 6.07) is 5.64. The van der Waals surface area contributed by atoms with Crippen LogP contribution in [0.25, 0.3) is 10.9 Å². The molecule has 0 aliphatic heterocycles. The van der Waals surface area contributed by atoms with Gasteiger partial charge in [0.2, 0.25) is 0 Å². The Bertz CT molecular complexity index is 560. The van der Waals surface area contributed by atoms with Gasteiger partial charge in [-0.1, -0.05) is 30.7 Å². The van der Waals surface area contributed by atoms with Crippen LogP contribution in [0.2, 0.25) is 5.02 Å². The quantitative estimate of drug-likeness (QED) is 0.847. The molecule has 90 valence electrons. The number of hydrogen-bond acceptors (Lipinski definition) is 2. The first-order chi connectivity index (χ1) is 8.15. The van der Waals surface area contributed by atoms with Crippen molar-refractivity contribution in [1.29, 1.82) is 0 Å². The van der Waals surface area contributed by atoms with Crippen molar-refractivity contribution in [3.05, 3.63) is 35.0 Å². The predicted molar refractivity (Wildman–Crippen MR) is 70.8 cm³/mol. The first-order valence-electron chi connectivity index (χ1n) is 5.62. The molecule has 0 bridgehead atoms. The molecule has 1 aromatic heterocycles. The van der Waals surface area contributed by atoms with Gasteiger partial charge in [-0.2, -0.15) is 0 Å². The average molecular weight is 251 g/mol. The van der Waals surface area contributed by atoms with Gasteiger partial charge in [0, 0.05) is 24.2 Å². The maximum atomic E-state index is 12.0. The van der Waals surface area contributed by atoms with Crippen LogP contribution in [0.5, 0.6) is 0 Å². The fourth-order valence-electron chi connectivity index (χ4n) is 1.97. The molecule has 0 aliphatic carbocycles. The Morgan fingerprint density at radius 3 is 2.94 bits per heavy atom. The summed E-state index contributed by atoms with van der Waals surface area (Å²) < 4.78 is 1.90. The second kappa shape index (κ2) is 4.90. The Balaban J connectivity index is 2.49. The maximum Gasteiger partial charge on any atom is 0.178 e. The molecule has 0 saturated carbocycles. The summed E-state index contributed by atoms with van der Waals surface area (Å²) in [5, 5.41) is 4.64. The number of nitrogens with one attached hydrogen (secondary N) is 1. The van der Waals surface area contributed by atoms with Crippen LogP contribution in [0, 0.1) is 0 Å². The van der Waals surface area contributed by atoms with E-state index < -0.39 is 0 Å². The molecule has 0 unspecified atom stereocenters. The molecule has 3 nitrogen and oxygen atoms in total. The highest BCUT2D eigenvalue weighted by Gasteiger charge is 2.14. The lowest BCUT2D eigenvalue weighted by Crippen LogP contribution is -2.22. The van der Waals surface area contributed by atoms with E-state index in [1.807, 2.05) is 42.9 Å². The third-order valence-corrected chi connectivity index (χ3v) is 3.09. The highest BCUT2D eigenvalue weighted by molar-refractivity contribution is 6.35. The minimum absolute atomic E-state index is 0.0970. The zero-order valence-electron chi connectivity index (χ0n) is 9.96. The molecule has 0 radical (unpaired) electrons. The lowest BCUT2D eigenvalue weighted by Gasteiger charge is -2.00. The number of Topliss-reactive ketones (excluding diaryl/α,β-unsaturated/α-hetero) is 1. The van der Waals surface area contributed by atoms with Gasteiger partial charge in [0.15, 0.2) is 5.78 Å². The van der Waals surface area contributed by atoms with Crippen LogP contribution in [0.3, 0.4) is 0 Å². The van der Waals surface area contributed by atoms with Gasteiger partial charge in [0.25, 0.3) is 0 Å². The van der Waals surface area contributed by atoms with Gasteiger partial charge in [0.1, 0.15) is 0 Å². The Morgan fingerprint density at radius 2 is 2.24 bits per heavy atom. The summed E-state index contributed by atoms with van der Waals surface area (Å²) in [5.74, 6) is 0.0970. The molecule has 4 heteroatoms. The van der Waals surface area contributed by atoms with Crippen molar-refractivity contribution in [2.75, 3.05) is 13.1 Å². The molecule has 1 aromatic carbocycles. The largest absolute Gasteiger partial charge is 0.349 e. The number of benzene rings is 1. The molecular formula is C13H15ClN2O. The summed E-state index contributed by atoms with van der Waals surface area (Å²) in [5.41, 5.74) is 1.64. The number of halogens is 1. The van der Waals surface area contributed by atoms with Crippen LogP contribution >= 0.6 is 11.6 Å². The van der Waals surface area contributed by atoms with Gasteiger partial charge in [-0.25, -0.2) is 0 Å². The van der Waals surface area contributed by atoms with E-state index >= 15 is 0 Å². The summed E-state index contributed by atoms with van der Waals surface area (Å²) in [6.45, 7) is 3.13. The van der Waals surface area contributed by atoms with Gasteiger partial charge in [-0.3, -0.25) is 4.79 Å². The SMILES string of the molecule is CCNCC(=O)c1cn(C)c2c(Cl)cccc12. The van der Waals surface area contributed by atoms with E-state index in [4.69, 9.17) is 11.6 Å². The highest BCUT2D eigenvalue weighted by Crippen LogP contribution is 2.27. The van der Waals surface area contributed by atoms with Crippen molar-refractivity contribution in [3.63, 3.8) is 0 Å². The number of para-hydroxylation sites is 1. The fraction of sp³-hybridized carbons (Fsp3) is 0.308. The van der Waals surface area contributed by atoms with E-state index in [1.165, 1.54) is 0 Å². The molecule has 1 heterocycles. The van der Waals surface area contributed by atoms with Crippen molar-refractivity contribution in [3.8, 4) is 0 Å². The van der Waals surface area contributed by atoms with E-state index in [2.05, 4.69) is 5.32 Å². The van der Waals surface area contributed by atoms with Gasteiger partial charge in [-0.05, 0) is 12.6 Å². The lowest BCUT2D eigenvalue weighted by atomic mass is 10.1. The second-order valence-electron chi connectivity index (χ2n) is 3.99. The van der Waals surface area contributed by atoms with Crippen LogP contribution in [-0.2, 0) is 7.05 Å². The van der Waals surface area contributed by atoms with Gasteiger partial charge >= 0.3 is 0 Å². The molecule has 0 saturated heterocycles. The molecule has 0 spiro atoms. The average Bonchev–Trinajstić information content (AvgIpc) is 2.65. The normalized spacial score (nSPS) is 11.0. The van der Waals surface area contributed by atoms with Crippen molar-refractivity contribution >= 4 is 28.3 Å².